The molecule has 0 unspecified atom stereocenters. The standard InChI is InChI=1S/C9H7N2O/c12-8-6-10-9(11-8)7-4-2-1-3-5-7/h1-2,4-6,12H,(H,10,11). The Morgan fingerprint density at radius 2 is 2.42 bits per heavy atom. The molecular formula is C9H7N2O. The second-order valence-corrected chi connectivity index (χ2v) is 2.41. The van der Waals surface area contributed by atoms with E-state index in [2.05, 4.69) is 16.0 Å². The normalized spacial score (nSPS) is 10.0. The lowest BCUT2D eigenvalue weighted by Gasteiger charge is -1.92. The Kier molecular flexibility index (Phi) is 1.55. The molecule has 1 radical (unpaired) electrons. The van der Waals surface area contributed by atoms with E-state index in [1.165, 1.54) is 6.20 Å². The highest BCUT2D eigenvalue weighted by atomic mass is 16.3. The predicted molar refractivity (Wildman–Crippen MR) is 44.5 cm³/mol. The van der Waals surface area contributed by atoms with Crippen LogP contribution in [0.4, 0.5) is 0 Å². The third kappa shape index (κ3) is 1.16. The minimum Gasteiger partial charge on any atom is -0.493 e. The van der Waals surface area contributed by atoms with Crippen molar-refractivity contribution in [2.24, 2.45) is 0 Å². The highest BCUT2D eigenvalue weighted by molar-refractivity contribution is 5.54. The summed E-state index contributed by atoms with van der Waals surface area (Å²) in [6.07, 6.45) is 1.38. The van der Waals surface area contributed by atoms with E-state index in [9.17, 15) is 0 Å². The van der Waals surface area contributed by atoms with Gasteiger partial charge in [-0.3, -0.25) is 0 Å². The third-order valence-corrected chi connectivity index (χ3v) is 1.54. The van der Waals surface area contributed by atoms with Crippen LogP contribution in [0.2, 0.25) is 0 Å². The van der Waals surface area contributed by atoms with E-state index in [1.807, 2.05) is 18.2 Å². The molecule has 0 aliphatic rings. The van der Waals surface area contributed by atoms with Gasteiger partial charge >= 0.3 is 0 Å². The average molecular weight is 159 g/mol. The van der Waals surface area contributed by atoms with E-state index in [4.69, 9.17) is 5.11 Å². The molecule has 0 saturated heterocycles. The van der Waals surface area contributed by atoms with Crippen LogP contribution in [-0.2, 0) is 0 Å². The van der Waals surface area contributed by atoms with Gasteiger partial charge < -0.3 is 10.1 Å². The number of rotatable bonds is 1. The lowest BCUT2D eigenvalue weighted by atomic mass is 10.2. The van der Waals surface area contributed by atoms with Crippen molar-refractivity contribution in [3.05, 3.63) is 36.5 Å². The summed E-state index contributed by atoms with van der Waals surface area (Å²) in [6, 6.07) is 10.3. The van der Waals surface area contributed by atoms with Gasteiger partial charge in [0.05, 0.1) is 6.20 Å². The molecule has 3 heteroatoms. The number of benzene rings is 1. The van der Waals surface area contributed by atoms with Gasteiger partial charge in [0.25, 0.3) is 0 Å². The Labute approximate surface area is 69.7 Å². The first-order valence-corrected chi connectivity index (χ1v) is 3.57. The fourth-order valence-corrected chi connectivity index (χ4v) is 0.999. The second-order valence-electron chi connectivity index (χ2n) is 2.41. The van der Waals surface area contributed by atoms with Crippen molar-refractivity contribution in [3.63, 3.8) is 0 Å². The SMILES string of the molecule is Oc1cnc(-c2c[c]ccc2)[nH]1. The van der Waals surface area contributed by atoms with Crippen molar-refractivity contribution in [2.45, 2.75) is 0 Å². The first-order chi connectivity index (χ1) is 5.86. The molecule has 59 valence electrons. The summed E-state index contributed by atoms with van der Waals surface area (Å²) in [6.45, 7) is 0. The predicted octanol–water partition coefficient (Wildman–Crippen LogP) is 1.58. The van der Waals surface area contributed by atoms with E-state index >= 15 is 0 Å². The second kappa shape index (κ2) is 2.70. The summed E-state index contributed by atoms with van der Waals surface area (Å²) in [4.78, 5) is 6.68. The maximum atomic E-state index is 8.99. The Bertz CT molecular complexity index is 367. The van der Waals surface area contributed by atoms with Crippen molar-refractivity contribution in [1.29, 1.82) is 0 Å². The van der Waals surface area contributed by atoms with E-state index < -0.39 is 0 Å². The summed E-state index contributed by atoms with van der Waals surface area (Å²) >= 11 is 0. The molecule has 3 nitrogen and oxygen atoms in total. The van der Waals surface area contributed by atoms with Gasteiger partial charge in [-0.05, 0) is 12.1 Å². The van der Waals surface area contributed by atoms with Gasteiger partial charge in [0.1, 0.15) is 5.82 Å². The maximum absolute atomic E-state index is 8.99. The van der Waals surface area contributed by atoms with Crippen molar-refractivity contribution >= 4 is 0 Å². The number of aromatic hydroxyl groups is 1. The zero-order chi connectivity index (χ0) is 8.39. The molecule has 1 aromatic carbocycles. The Morgan fingerprint density at radius 3 is 3.00 bits per heavy atom. The molecule has 0 amide bonds. The van der Waals surface area contributed by atoms with Crippen molar-refractivity contribution in [3.8, 4) is 17.3 Å². The molecule has 2 aromatic rings. The summed E-state index contributed by atoms with van der Waals surface area (Å²) in [5.74, 6) is 0.734. The Balaban J connectivity index is 2.45. The molecule has 1 aromatic heterocycles. The molecular weight excluding hydrogens is 152 g/mol. The van der Waals surface area contributed by atoms with Crippen molar-refractivity contribution < 1.29 is 5.11 Å². The van der Waals surface area contributed by atoms with Crippen LogP contribution in [0.25, 0.3) is 11.4 Å². The molecule has 0 bridgehead atoms. The smallest absolute Gasteiger partial charge is 0.208 e. The molecule has 0 aliphatic heterocycles. The Hall–Kier alpha value is -1.77. The zero-order valence-corrected chi connectivity index (χ0v) is 6.28. The first-order valence-electron chi connectivity index (χ1n) is 3.57. The molecule has 2 rings (SSSR count). The topological polar surface area (TPSA) is 48.9 Å². The largest absolute Gasteiger partial charge is 0.493 e. The van der Waals surface area contributed by atoms with Gasteiger partial charge in [-0.1, -0.05) is 18.2 Å². The summed E-state index contributed by atoms with van der Waals surface area (Å²) in [5.41, 5.74) is 0.915. The van der Waals surface area contributed by atoms with E-state index in [0.717, 1.165) is 5.56 Å². The highest BCUT2D eigenvalue weighted by Gasteiger charge is 1.99. The lowest BCUT2D eigenvalue weighted by Crippen LogP contribution is -1.77. The summed E-state index contributed by atoms with van der Waals surface area (Å²) in [7, 11) is 0. The van der Waals surface area contributed by atoms with Crippen LogP contribution in [0, 0.1) is 6.07 Å². The zero-order valence-electron chi connectivity index (χ0n) is 6.28. The number of aromatic nitrogens is 2. The minimum atomic E-state index is 0.0776. The number of hydrogen-bond donors (Lipinski definition) is 2. The van der Waals surface area contributed by atoms with Gasteiger partial charge in [-0.25, -0.2) is 4.98 Å². The van der Waals surface area contributed by atoms with Crippen LogP contribution in [0.15, 0.2) is 30.5 Å². The molecule has 0 saturated carbocycles. The van der Waals surface area contributed by atoms with Gasteiger partial charge in [0.15, 0.2) is 0 Å². The fourth-order valence-electron chi connectivity index (χ4n) is 0.999. The van der Waals surface area contributed by atoms with Crippen LogP contribution in [0.3, 0.4) is 0 Å². The monoisotopic (exact) mass is 159 g/mol. The number of aromatic amines is 1. The molecule has 0 fully saturated rings. The number of H-pyrrole nitrogens is 1. The molecule has 0 spiro atoms. The van der Waals surface area contributed by atoms with Crippen LogP contribution in [-0.4, -0.2) is 15.1 Å². The Morgan fingerprint density at radius 1 is 1.50 bits per heavy atom. The van der Waals surface area contributed by atoms with E-state index in [1.54, 1.807) is 6.07 Å². The quantitative estimate of drug-likeness (QED) is 0.663. The van der Waals surface area contributed by atoms with Gasteiger partial charge in [0.2, 0.25) is 5.88 Å². The molecule has 0 atom stereocenters. The molecule has 12 heavy (non-hydrogen) atoms. The molecule has 2 N–H and O–H groups in total. The van der Waals surface area contributed by atoms with Crippen molar-refractivity contribution in [2.75, 3.05) is 0 Å². The van der Waals surface area contributed by atoms with Crippen LogP contribution in [0.1, 0.15) is 0 Å². The molecule has 0 aliphatic carbocycles. The maximum Gasteiger partial charge on any atom is 0.208 e. The number of imidazole rings is 1. The van der Waals surface area contributed by atoms with E-state index in [-0.39, 0.29) is 5.88 Å². The summed E-state index contributed by atoms with van der Waals surface area (Å²) < 4.78 is 0. The van der Waals surface area contributed by atoms with Gasteiger partial charge in [-0.2, -0.15) is 0 Å². The average Bonchev–Trinajstić information content (AvgIpc) is 2.54. The summed E-state index contributed by atoms with van der Waals surface area (Å²) in [5, 5.41) is 8.99. The molecule has 1 heterocycles. The van der Waals surface area contributed by atoms with Gasteiger partial charge in [-0.15, -0.1) is 0 Å². The number of nitrogens with one attached hydrogen (secondary N) is 1. The van der Waals surface area contributed by atoms with Gasteiger partial charge in [0, 0.05) is 5.56 Å². The van der Waals surface area contributed by atoms with Crippen LogP contribution >= 0.6 is 0 Å². The highest BCUT2D eigenvalue weighted by Crippen LogP contribution is 2.16. The third-order valence-electron chi connectivity index (χ3n) is 1.54. The van der Waals surface area contributed by atoms with Crippen molar-refractivity contribution in [1.82, 2.24) is 9.97 Å². The number of hydrogen-bond acceptors (Lipinski definition) is 2. The lowest BCUT2D eigenvalue weighted by molar-refractivity contribution is 0.457. The first kappa shape index (κ1) is 6.91. The van der Waals surface area contributed by atoms with E-state index in [0.29, 0.717) is 5.82 Å². The fraction of sp³-hybridized carbons (Fsp3) is 0. The minimum absolute atomic E-state index is 0.0776. The van der Waals surface area contributed by atoms with Crippen LogP contribution in [0.5, 0.6) is 5.88 Å². The number of nitrogens with zero attached hydrogens (tertiary/aromatic N) is 1. The van der Waals surface area contributed by atoms with Crippen LogP contribution < -0.4 is 0 Å².